The number of hydrogen-bond donors (Lipinski definition) is 1. The van der Waals surface area contributed by atoms with Crippen LogP contribution in [0.4, 0.5) is 8.78 Å². The van der Waals surface area contributed by atoms with E-state index in [1.807, 2.05) is 0 Å². The number of esters is 1. The van der Waals surface area contributed by atoms with Crippen molar-refractivity contribution in [2.75, 3.05) is 6.61 Å². The maximum Gasteiger partial charge on any atom is 0.320 e. The van der Waals surface area contributed by atoms with Gasteiger partial charge in [0.25, 0.3) is 0 Å². The number of alkyl halides is 2. The quantitative estimate of drug-likeness (QED) is 0.524. The lowest BCUT2D eigenvalue weighted by molar-refractivity contribution is -0.160. The Labute approximate surface area is 73.5 Å². The zero-order valence-electron chi connectivity index (χ0n) is 7.00. The maximum absolute atomic E-state index is 11.8. The second kappa shape index (κ2) is 5.45. The van der Waals surface area contributed by atoms with E-state index in [1.54, 1.807) is 0 Å². The molecule has 0 heterocycles. The van der Waals surface area contributed by atoms with Crippen LogP contribution in [0.3, 0.4) is 0 Å². The molecule has 0 aromatic carbocycles. The highest BCUT2D eigenvalue weighted by atomic mass is 19.3. The predicted molar refractivity (Wildman–Crippen MR) is 38.4 cm³/mol. The Bertz CT molecular complexity index is 193. The van der Waals surface area contributed by atoms with Crippen LogP contribution >= 0.6 is 0 Å². The second-order valence-electron chi connectivity index (χ2n) is 2.27. The van der Waals surface area contributed by atoms with Crippen molar-refractivity contribution in [3.8, 4) is 0 Å². The first-order valence-corrected chi connectivity index (χ1v) is 3.66. The molecular formula is C7H10F2O4. The number of carbonyl (C=O) groups is 2. The Balaban J connectivity index is 4.24. The molecule has 13 heavy (non-hydrogen) atoms. The summed E-state index contributed by atoms with van der Waals surface area (Å²) in [6.07, 6.45) is -3.83. The van der Waals surface area contributed by atoms with Crippen LogP contribution in [0.2, 0.25) is 0 Å². The lowest BCUT2D eigenvalue weighted by Gasteiger charge is -2.09. The van der Waals surface area contributed by atoms with Gasteiger partial charge in [-0.15, -0.1) is 0 Å². The van der Waals surface area contributed by atoms with Crippen molar-refractivity contribution in [1.82, 2.24) is 0 Å². The fraction of sp³-hybridized carbons (Fsp3) is 0.714. The predicted octanol–water partition coefficient (Wildman–Crippen LogP) is 0.906. The van der Waals surface area contributed by atoms with Crippen LogP contribution in [0.1, 0.15) is 13.3 Å². The first kappa shape index (κ1) is 11.8. The van der Waals surface area contributed by atoms with E-state index in [0.717, 1.165) is 0 Å². The van der Waals surface area contributed by atoms with Gasteiger partial charge in [-0.25, -0.2) is 8.78 Å². The number of aliphatic carboxylic acids is 1. The third kappa shape index (κ3) is 4.39. The Morgan fingerprint density at radius 2 is 2.00 bits per heavy atom. The maximum atomic E-state index is 11.8. The number of carbonyl (C=O) groups excluding carboxylic acids is 1. The number of hydrogen-bond acceptors (Lipinski definition) is 3. The van der Waals surface area contributed by atoms with Crippen molar-refractivity contribution in [2.45, 2.75) is 19.8 Å². The lowest BCUT2D eigenvalue weighted by Crippen LogP contribution is -2.27. The van der Waals surface area contributed by atoms with Crippen LogP contribution in [-0.2, 0) is 14.3 Å². The van der Waals surface area contributed by atoms with Crippen molar-refractivity contribution in [3.05, 3.63) is 0 Å². The van der Waals surface area contributed by atoms with Crippen molar-refractivity contribution in [1.29, 1.82) is 0 Å². The van der Waals surface area contributed by atoms with Gasteiger partial charge < -0.3 is 9.84 Å². The zero-order chi connectivity index (χ0) is 10.4. The average molecular weight is 196 g/mol. The normalized spacial score (nSPS) is 12.6. The zero-order valence-corrected chi connectivity index (χ0v) is 7.00. The first-order chi connectivity index (χ1) is 5.99. The van der Waals surface area contributed by atoms with Crippen molar-refractivity contribution in [2.24, 2.45) is 5.92 Å². The number of halogens is 2. The van der Waals surface area contributed by atoms with Gasteiger partial charge in [0.15, 0.2) is 5.92 Å². The molecule has 4 nitrogen and oxygen atoms in total. The van der Waals surface area contributed by atoms with E-state index in [9.17, 15) is 18.4 Å². The standard InChI is InChI=1S/C7H10F2O4/c1-2-13-7(12)4(6(10)11)3-5(8)9/h4-5H,2-3H2,1H3,(H,10,11). The smallest absolute Gasteiger partial charge is 0.320 e. The van der Waals surface area contributed by atoms with E-state index in [-0.39, 0.29) is 6.61 Å². The highest BCUT2D eigenvalue weighted by Gasteiger charge is 2.30. The summed E-state index contributed by atoms with van der Waals surface area (Å²) in [5, 5.41) is 8.39. The minimum Gasteiger partial charge on any atom is -0.481 e. The Kier molecular flexibility index (Phi) is 4.94. The van der Waals surface area contributed by atoms with E-state index < -0.39 is 30.7 Å². The topological polar surface area (TPSA) is 63.6 Å². The van der Waals surface area contributed by atoms with Gasteiger partial charge in [0.05, 0.1) is 6.61 Å². The van der Waals surface area contributed by atoms with Gasteiger partial charge in [-0.05, 0) is 6.92 Å². The average Bonchev–Trinajstić information content (AvgIpc) is 1.99. The molecule has 0 aromatic rings. The number of rotatable bonds is 5. The van der Waals surface area contributed by atoms with Gasteiger partial charge >= 0.3 is 11.9 Å². The molecule has 6 heteroatoms. The molecule has 0 radical (unpaired) electrons. The fourth-order valence-corrected chi connectivity index (χ4v) is 0.719. The molecule has 0 aromatic heterocycles. The van der Waals surface area contributed by atoms with Crippen LogP contribution in [0.5, 0.6) is 0 Å². The molecule has 0 amide bonds. The number of ether oxygens (including phenoxy) is 1. The van der Waals surface area contributed by atoms with E-state index in [0.29, 0.717) is 0 Å². The van der Waals surface area contributed by atoms with Crippen molar-refractivity contribution >= 4 is 11.9 Å². The molecular weight excluding hydrogens is 186 g/mol. The molecule has 0 saturated heterocycles. The van der Waals surface area contributed by atoms with E-state index in [2.05, 4.69) is 4.74 Å². The fourth-order valence-electron chi connectivity index (χ4n) is 0.719. The Morgan fingerprint density at radius 3 is 2.31 bits per heavy atom. The molecule has 1 unspecified atom stereocenters. The molecule has 0 aliphatic heterocycles. The molecule has 0 rings (SSSR count). The summed E-state index contributed by atoms with van der Waals surface area (Å²) in [7, 11) is 0. The molecule has 1 N–H and O–H groups in total. The van der Waals surface area contributed by atoms with Crippen LogP contribution in [0.15, 0.2) is 0 Å². The van der Waals surface area contributed by atoms with Gasteiger partial charge in [0.1, 0.15) is 0 Å². The third-order valence-electron chi connectivity index (χ3n) is 1.28. The van der Waals surface area contributed by atoms with Gasteiger partial charge in [-0.1, -0.05) is 0 Å². The van der Waals surface area contributed by atoms with Crippen molar-refractivity contribution in [3.63, 3.8) is 0 Å². The van der Waals surface area contributed by atoms with E-state index >= 15 is 0 Å². The highest BCUT2D eigenvalue weighted by Crippen LogP contribution is 2.12. The molecule has 0 saturated carbocycles. The SMILES string of the molecule is CCOC(=O)C(CC(F)F)C(=O)O. The highest BCUT2D eigenvalue weighted by molar-refractivity contribution is 5.93. The Hall–Kier alpha value is -1.20. The van der Waals surface area contributed by atoms with E-state index in [1.165, 1.54) is 6.92 Å². The largest absolute Gasteiger partial charge is 0.481 e. The van der Waals surface area contributed by atoms with Crippen LogP contribution in [0, 0.1) is 5.92 Å². The molecule has 0 bridgehead atoms. The summed E-state index contributed by atoms with van der Waals surface area (Å²) >= 11 is 0. The molecule has 0 fully saturated rings. The van der Waals surface area contributed by atoms with E-state index in [4.69, 9.17) is 5.11 Å². The molecule has 1 atom stereocenters. The van der Waals surface area contributed by atoms with Gasteiger partial charge in [-0.2, -0.15) is 0 Å². The molecule has 0 aliphatic carbocycles. The summed E-state index contributed by atoms with van der Waals surface area (Å²) in [6.45, 7) is 1.45. The molecule has 0 aliphatic rings. The van der Waals surface area contributed by atoms with Crippen LogP contribution < -0.4 is 0 Å². The summed E-state index contributed by atoms with van der Waals surface area (Å²) in [5.41, 5.74) is 0. The molecule has 0 spiro atoms. The van der Waals surface area contributed by atoms with Gasteiger partial charge in [0, 0.05) is 6.42 Å². The Morgan fingerprint density at radius 1 is 1.46 bits per heavy atom. The third-order valence-corrected chi connectivity index (χ3v) is 1.28. The minimum atomic E-state index is -2.83. The van der Waals surface area contributed by atoms with Crippen LogP contribution in [-0.4, -0.2) is 30.1 Å². The minimum absolute atomic E-state index is 0.0220. The molecule has 76 valence electrons. The van der Waals surface area contributed by atoms with Gasteiger partial charge in [-0.3, -0.25) is 9.59 Å². The monoisotopic (exact) mass is 196 g/mol. The van der Waals surface area contributed by atoms with Crippen molar-refractivity contribution < 1.29 is 28.2 Å². The summed E-state index contributed by atoms with van der Waals surface area (Å²) < 4.78 is 27.9. The second-order valence-corrected chi connectivity index (χ2v) is 2.27. The summed E-state index contributed by atoms with van der Waals surface area (Å²) in [5.74, 6) is -4.46. The number of carboxylic acid groups (broad SMARTS) is 1. The van der Waals surface area contributed by atoms with Gasteiger partial charge in [0.2, 0.25) is 6.43 Å². The first-order valence-electron chi connectivity index (χ1n) is 3.66. The van der Waals surface area contributed by atoms with Crippen LogP contribution in [0.25, 0.3) is 0 Å². The summed E-state index contributed by atoms with van der Waals surface area (Å²) in [6, 6.07) is 0. The summed E-state index contributed by atoms with van der Waals surface area (Å²) in [4.78, 5) is 21.1. The number of carboxylic acids is 1. The lowest BCUT2D eigenvalue weighted by atomic mass is 10.1.